The van der Waals surface area contributed by atoms with Gasteiger partial charge in [0.2, 0.25) is 0 Å². The number of aromatic nitrogens is 4. The fourth-order valence-corrected chi connectivity index (χ4v) is 4.38. The number of halogens is 1. The lowest BCUT2D eigenvalue weighted by atomic mass is 10.1. The molecule has 0 bridgehead atoms. The number of hydrogen-bond donors (Lipinski definition) is 0. The minimum atomic E-state index is -0.190. The predicted octanol–water partition coefficient (Wildman–Crippen LogP) is 3.04. The zero-order valence-electron chi connectivity index (χ0n) is 17.2. The van der Waals surface area contributed by atoms with E-state index in [1.54, 1.807) is 0 Å². The molecule has 3 heterocycles. The van der Waals surface area contributed by atoms with Crippen LogP contribution in [-0.2, 0) is 11.3 Å². The first-order valence-electron chi connectivity index (χ1n) is 10.9. The van der Waals surface area contributed by atoms with Crippen molar-refractivity contribution < 1.29 is 9.13 Å². The molecule has 2 aliphatic heterocycles. The Morgan fingerprint density at radius 3 is 2.66 bits per heavy atom. The summed E-state index contributed by atoms with van der Waals surface area (Å²) in [7, 11) is 0. The number of tetrazole rings is 1. The van der Waals surface area contributed by atoms with Crippen molar-refractivity contribution in [2.75, 3.05) is 37.7 Å². The van der Waals surface area contributed by atoms with Crippen molar-refractivity contribution in [3.63, 3.8) is 0 Å². The van der Waals surface area contributed by atoms with Crippen molar-refractivity contribution in [3.05, 3.63) is 35.9 Å². The lowest BCUT2D eigenvalue weighted by molar-refractivity contribution is 0.0890. The number of rotatable bonds is 8. The van der Waals surface area contributed by atoms with Crippen molar-refractivity contribution in [1.29, 1.82) is 0 Å². The third-order valence-corrected chi connectivity index (χ3v) is 6.04. The van der Waals surface area contributed by atoms with Gasteiger partial charge >= 0.3 is 0 Å². The normalized spacial score (nSPS) is 21.6. The third-order valence-electron chi connectivity index (χ3n) is 6.04. The Kier molecular flexibility index (Phi) is 6.71. The fraction of sp³-hybridized carbons (Fsp3) is 0.667. The van der Waals surface area contributed by atoms with Gasteiger partial charge < -0.3 is 9.64 Å². The average molecular weight is 403 g/mol. The van der Waals surface area contributed by atoms with Crippen LogP contribution in [0.25, 0.3) is 0 Å². The molecule has 2 fully saturated rings. The molecular weight excluding hydrogens is 371 g/mol. The Labute approximate surface area is 171 Å². The molecule has 0 saturated carbocycles. The lowest BCUT2D eigenvalue weighted by Gasteiger charge is -2.39. The van der Waals surface area contributed by atoms with Crippen molar-refractivity contribution in [2.45, 2.75) is 57.7 Å². The van der Waals surface area contributed by atoms with Crippen molar-refractivity contribution in [1.82, 2.24) is 25.1 Å². The van der Waals surface area contributed by atoms with E-state index >= 15 is 0 Å². The van der Waals surface area contributed by atoms with Gasteiger partial charge in [0, 0.05) is 38.5 Å². The second-order valence-electron chi connectivity index (χ2n) is 8.01. The summed E-state index contributed by atoms with van der Waals surface area (Å²) in [6, 6.07) is 7.01. The second kappa shape index (κ2) is 9.63. The van der Waals surface area contributed by atoms with Crippen LogP contribution >= 0.6 is 0 Å². The molecule has 1 aromatic heterocycles. The summed E-state index contributed by atoms with van der Waals surface area (Å²) in [5, 5.41) is 12.7. The first kappa shape index (κ1) is 20.2. The van der Waals surface area contributed by atoms with Gasteiger partial charge in [-0.25, -0.2) is 9.07 Å². The molecule has 0 aliphatic carbocycles. The van der Waals surface area contributed by atoms with E-state index in [2.05, 4.69) is 32.2 Å². The van der Waals surface area contributed by atoms with Gasteiger partial charge in [0.25, 0.3) is 0 Å². The van der Waals surface area contributed by atoms with E-state index in [1.807, 2.05) is 16.8 Å². The molecule has 2 aromatic rings. The monoisotopic (exact) mass is 402 g/mol. The van der Waals surface area contributed by atoms with Gasteiger partial charge in [0.15, 0.2) is 5.82 Å². The largest absolute Gasteiger partial charge is 0.376 e. The van der Waals surface area contributed by atoms with E-state index in [9.17, 15) is 4.39 Å². The molecule has 0 radical (unpaired) electrons. The van der Waals surface area contributed by atoms with Crippen LogP contribution in [-0.4, -0.2) is 64.0 Å². The van der Waals surface area contributed by atoms with E-state index in [0.29, 0.717) is 0 Å². The first-order valence-corrected chi connectivity index (χ1v) is 10.9. The SMILES string of the molecule is CCCC[C@H](c1nnnn1C[C@@H]1CCCO1)N1CCN(c2ccc(F)cc2)CC1. The Balaban J connectivity index is 1.44. The number of unbranched alkanes of at least 4 members (excludes halogenated alkanes) is 1. The molecule has 2 saturated heterocycles. The molecule has 0 spiro atoms. The van der Waals surface area contributed by atoms with Crippen LogP contribution in [0.4, 0.5) is 10.1 Å². The quantitative estimate of drug-likeness (QED) is 0.676. The van der Waals surface area contributed by atoms with Crippen molar-refractivity contribution in [3.8, 4) is 0 Å². The molecule has 0 unspecified atom stereocenters. The Hall–Kier alpha value is -2.06. The molecular formula is C21H31FN6O. The van der Waals surface area contributed by atoms with Gasteiger partial charge in [0.1, 0.15) is 5.82 Å². The molecule has 158 valence electrons. The second-order valence-corrected chi connectivity index (χ2v) is 8.01. The highest BCUT2D eigenvalue weighted by Gasteiger charge is 2.30. The summed E-state index contributed by atoms with van der Waals surface area (Å²) < 4.78 is 21.0. The molecule has 7 nitrogen and oxygen atoms in total. The van der Waals surface area contributed by atoms with Crippen molar-refractivity contribution >= 4 is 5.69 Å². The average Bonchev–Trinajstić information content (AvgIpc) is 3.42. The zero-order chi connectivity index (χ0) is 20.1. The van der Waals surface area contributed by atoms with Gasteiger partial charge in [-0.15, -0.1) is 5.10 Å². The van der Waals surface area contributed by atoms with Crippen LogP contribution in [0, 0.1) is 5.82 Å². The Morgan fingerprint density at radius 1 is 1.17 bits per heavy atom. The summed E-state index contributed by atoms with van der Waals surface area (Å²) in [6.07, 6.45) is 5.77. The van der Waals surface area contributed by atoms with Gasteiger partial charge in [0.05, 0.1) is 18.7 Å². The van der Waals surface area contributed by atoms with Gasteiger partial charge in [-0.05, 0) is 54.0 Å². The maximum atomic E-state index is 13.2. The van der Waals surface area contributed by atoms with E-state index in [-0.39, 0.29) is 18.0 Å². The number of benzene rings is 1. The Morgan fingerprint density at radius 2 is 1.97 bits per heavy atom. The van der Waals surface area contributed by atoms with Crippen LogP contribution in [0.2, 0.25) is 0 Å². The third kappa shape index (κ3) is 4.93. The summed E-state index contributed by atoms with van der Waals surface area (Å²) in [6.45, 7) is 7.52. The van der Waals surface area contributed by atoms with E-state index in [0.717, 1.165) is 82.9 Å². The fourth-order valence-electron chi connectivity index (χ4n) is 4.38. The number of anilines is 1. The van der Waals surface area contributed by atoms with Crippen LogP contribution in [0.15, 0.2) is 24.3 Å². The molecule has 2 aliphatic rings. The van der Waals surface area contributed by atoms with E-state index < -0.39 is 0 Å². The topological polar surface area (TPSA) is 59.3 Å². The molecule has 0 N–H and O–H groups in total. The maximum Gasteiger partial charge on any atom is 0.168 e. The van der Waals surface area contributed by atoms with Crippen molar-refractivity contribution in [2.24, 2.45) is 0 Å². The molecule has 1 aromatic carbocycles. The molecule has 4 rings (SSSR count). The molecule has 0 amide bonds. The summed E-state index contributed by atoms with van der Waals surface area (Å²) in [4.78, 5) is 4.83. The minimum Gasteiger partial charge on any atom is -0.376 e. The highest BCUT2D eigenvalue weighted by molar-refractivity contribution is 5.46. The van der Waals surface area contributed by atoms with Gasteiger partial charge in [-0.1, -0.05) is 19.8 Å². The smallest absolute Gasteiger partial charge is 0.168 e. The van der Waals surface area contributed by atoms with E-state index in [1.165, 1.54) is 12.1 Å². The first-order chi connectivity index (χ1) is 14.2. The standard InChI is InChI=1S/C21H31FN6O/c1-2-3-6-20(21-23-24-25-28(21)16-19-5-4-15-29-19)27-13-11-26(12-14-27)18-9-7-17(22)8-10-18/h7-10,19-20H,2-6,11-16H2,1H3/t19-,20+/m0/s1. The highest BCUT2D eigenvalue weighted by atomic mass is 19.1. The number of hydrogen-bond acceptors (Lipinski definition) is 6. The molecule has 2 atom stereocenters. The summed E-state index contributed by atoms with van der Waals surface area (Å²) in [5.74, 6) is 0.772. The van der Waals surface area contributed by atoms with Crippen LogP contribution < -0.4 is 4.90 Å². The minimum absolute atomic E-state index is 0.190. The van der Waals surface area contributed by atoms with E-state index in [4.69, 9.17) is 4.74 Å². The number of nitrogens with zero attached hydrogens (tertiary/aromatic N) is 6. The highest BCUT2D eigenvalue weighted by Crippen LogP contribution is 2.28. The van der Waals surface area contributed by atoms with Crippen LogP contribution in [0.3, 0.4) is 0 Å². The molecule has 8 heteroatoms. The summed E-state index contributed by atoms with van der Waals surface area (Å²) >= 11 is 0. The Bertz CT molecular complexity index is 753. The zero-order valence-corrected chi connectivity index (χ0v) is 17.2. The van der Waals surface area contributed by atoms with Gasteiger partial charge in [-0.3, -0.25) is 4.90 Å². The summed E-state index contributed by atoms with van der Waals surface area (Å²) in [5.41, 5.74) is 1.08. The number of piperazine rings is 1. The maximum absolute atomic E-state index is 13.2. The molecule has 29 heavy (non-hydrogen) atoms. The van der Waals surface area contributed by atoms with Crippen LogP contribution in [0.5, 0.6) is 0 Å². The van der Waals surface area contributed by atoms with Gasteiger partial charge in [-0.2, -0.15) is 0 Å². The lowest BCUT2D eigenvalue weighted by Crippen LogP contribution is -2.48. The number of ether oxygens (including phenoxy) is 1. The predicted molar refractivity (Wildman–Crippen MR) is 109 cm³/mol. The van der Waals surface area contributed by atoms with Crippen LogP contribution in [0.1, 0.15) is 50.9 Å².